The minimum Gasteiger partial charge on any atom is -0.375 e. The van der Waals surface area contributed by atoms with Gasteiger partial charge in [0.2, 0.25) is 5.91 Å². The molecule has 0 radical (unpaired) electrons. The van der Waals surface area contributed by atoms with Gasteiger partial charge in [0.25, 0.3) is 0 Å². The number of hydrogen-bond donors (Lipinski definition) is 2. The van der Waals surface area contributed by atoms with E-state index in [0.29, 0.717) is 6.54 Å². The number of anilines is 1. The van der Waals surface area contributed by atoms with E-state index in [0.717, 1.165) is 29.5 Å². The van der Waals surface area contributed by atoms with Gasteiger partial charge in [0.05, 0.1) is 6.54 Å². The van der Waals surface area contributed by atoms with Gasteiger partial charge < -0.3 is 10.6 Å². The number of carbonyl (C=O) groups excluding carboxylic acids is 1. The second kappa shape index (κ2) is 7.33. The smallest absolute Gasteiger partial charge is 0.239 e. The van der Waals surface area contributed by atoms with E-state index >= 15 is 0 Å². The van der Waals surface area contributed by atoms with Crippen molar-refractivity contribution in [3.8, 4) is 0 Å². The maximum Gasteiger partial charge on any atom is 0.239 e. The lowest BCUT2D eigenvalue weighted by Gasteiger charge is -2.09. The summed E-state index contributed by atoms with van der Waals surface area (Å²) in [6.07, 6.45) is 2.12. The van der Waals surface area contributed by atoms with E-state index in [1.807, 2.05) is 25.1 Å². The predicted octanol–water partition coefficient (Wildman–Crippen LogP) is 3.09. The summed E-state index contributed by atoms with van der Waals surface area (Å²) in [5.74, 6) is 0.0341. The van der Waals surface area contributed by atoms with Crippen molar-refractivity contribution in [2.45, 2.75) is 26.7 Å². The molecule has 0 spiro atoms. The molecule has 1 aromatic rings. The number of aryl methyl sites for hydroxylation is 1. The largest absolute Gasteiger partial charge is 0.375 e. The zero-order valence-corrected chi connectivity index (χ0v) is 11.9. The topological polar surface area (TPSA) is 41.1 Å². The first-order chi connectivity index (χ1) is 8.13. The lowest BCUT2D eigenvalue weighted by Crippen LogP contribution is -2.30. The Labute approximate surface area is 111 Å². The molecule has 0 unspecified atom stereocenters. The summed E-state index contributed by atoms with van der Waals surface area (Å²) < 4.78 is 0.976. The lowest BCUT2D eigenvalue weighted by atomic mass is 10.2. The zero-order chi connectivity index (χ0) is 12.7. The summed E-state index contributed by atoms with van der Waals surface area (Å²) in [5.41, 5.74) is 2.12. The minimum absolute atomic E-state index is 0.0341. The van der Waals surface area contributed by atoms with Gasteiger partial charge in [0.1, 0.15) is 0 Å². The molecule has 17 heavy (non-hydrogen) atoms. The van der Waals surface area contributed by atoms with Crippen molar-refractivity contribution in [2.75, 3.05) is 18.4 Å². The van der Waals surface area contributed by atoms with Crippen molar-refractivity contribution in [1.29, 1.82) is 0 Å². The number of nitrogens with one attached hydrogen (secondary N) is 2. The quantitative estimate of drug-likeness (QED) is 0.793. The first-order valence-electron chi connectivity index (χ1n) is 5.90. The molecule has 0 saturated heterocycles. The van der Waals surface area contributed by atoms with Crippen LogP contribution < -0.4 is 10.6 Å². The normalized spacial score (nSPS) is 10.1. The Hall–Kier alpha value is -1.03. The van der Waals surface area contributed by atoms with Gasteiger partial charge in [-0.3, -0.25) is 4.79 Å². The van der Waals surface area contributed by atoms with Crippen molar-refractivity contribution in [3.63, 3.8) is 0 Å². The molecule has 0 atom stereocenters. The third-order valence-electron chi connectivity index (χ3n) is 2.41. The van der Waals surface area contributed by atoms with Crippen LogP contribution in [0.15, 0.2) is 22.7 Å². The minimum atomic E-state index is 0.0341. The van der Waals surface area contributed by atoms with Crippen LogP contribution in [0.25, 0.3) is 0 Å². The van der Waals surface area contributed by atoms with E-state index in [9.17, 15) is 4.79 Å². The molecule has 0 heterocycles. The Kier molecular flexibility index (Phi) is 6.05. The van der Waals surface area contributed by atoms with Gasteiger partial charge in [0, 0.05) is 16.7 Å². The summed E-state index contributed by atoms with van der Waals surface area (Å²) in [7, 11) is 0. The average molecular weight is 299 g/mol. The molecule has 1 aromatic carbocycles. The SMILES string of the molecule is CCCCNC(=O)CNc1cc(C)ccc1Br. The van der Waals surface area contributed by atoms with Crippen LogP contribution in [0.1, 0.15) is 25.3 Å². The summed E-state index contributed by atoms with van der Waals surface area (Å²) in [5, 5.41) is 5.99. The highest BCUT2D eigenvalue weighted by molar-refractivity contribution is 9.10. The van der Waals surface area contributed by atoms with Gasteiger partial charge in [-0.2, -0.15) is 0 Å². The highest BCUT2D eigenvalue weighted by Crippen LogP contribution is 2.22. The molecule has 4 heteroatoms. The molecular formula is C13H19BrN2O. The monoisotopic (exact) mass is 298 g/mol. The van der Waals surface area contributed by atoms with Gasteiger partial charge in [-0.25, -0.2) is 0 Å². The third-order valence-corrected chi connectivity index (χ3v) is 3.11. The van der Waals surface area contributed by atoms with Crippen molar-refractivity contribution >= 4 is 27.5 Å². The van der Waals surface area contributed by atoms with E-state index in [2.05, 4.69) is 33.5 Å². The summed E-state index contributed by atoms with van der Waals surface area (Å²) in [6.45, 7) is 5.20. The number of rotatable bonds is 6. The fourth-order valence-corrected chi connectivity index (χ4v) is 1.80. The van der Waals surface area contributed by atoms with Crippen LogP contribution in [-0.2, 0) is 4.79 Å². The Morgan fingerprint density at radius 1 is 1.41 bits per heavy atom. The van der Waals surface area contributed by atoms with Crippen LogP contribution in [0.2, 0.25) is 0 Å². The lowest BCUT2D eigenvalue weighted by molar-refractivity contribution is -0.119. The molecule has 1 amide bonds. The zero-order valence-electron chi connectivity index (χ0n) is 10.3. The molecule has 0 aromatic heterocycles. The van der Waals surface area contributed by atoms with E-state index in [-0.39, 0.29) is 5.91 Å². The fraction of sp³-hybridized carbons (Fsp3) is 0.462. The van der Waals surface area contributed by atoms with Crippen molar-refractivity contribution in [2.24, 2.45) is 0 Å². The Bertz CT molecular complexity index is 380. The van der Waals surface area contributed by atoms with Crippen LogP contribution in [0.5, 0.6) is 0 Å². The highest BCUT2D eigenvalue weighted by atomic mass is 79.9. The molecule has 2 N–H and O–H groups in total. The van der Waals surface area contributed by atoms with Crippen LogP contribution in [0, 0.1) is 6.92 Å². The van der Waals surface area contributed by atoms with Gasteiger partial charge in [-0.15, -0.1) is 0 Å². The maximum atomic E-state index is 11.5. The van der Waals surface area contributed by atoms with Gasteiger partial charge in [0.15, 0.2) is 0 Å². The van der Waals surface area contributed by atoms with Crippen molar-refractivity contribution in [1.82, 2.24) is 5.32 Å². The van der Waals surface area contributed by atoms with Crippen LogP contribution in [0.4, 0.5) is 5.69 Å². The van der Waals surface area contributed by atoms with Gasteiger partial charge >= 0.3 is 0 Å². The number of carbonyl (C=O) groups is 1. The van der Waals surface area contributed by atoms with Crippen LogP contribution in [-0.4, -0.2) is 19.0 Å². The maximum absolute atomic E-state index is 11.5. The molecular weight excluding hydrogens is 280 g/mol. The Morgan fingerprint density at radius 2 is 2.18 bits per heavy atom. The first-order valence-corrected chi connectivity index (χ1v) is 6.69. The molecule has 0 saturated carbocycles. The average Bonchev–Trinajstić information content (AvgIpc) is 2.31. The molecule has 0 bridgehead atoms. The van der Waals surface area contributed by atoms with E-state index < -0.39 is 0 Å². The summed E-state index contributed by atoms with van der Waals surface area (Å²) in [6, 6.07) is 6.02. The summed E-state index contributed by atoms with van der Waals surface area (Å²) in [4.78, 5) is 11.5. The molecule has 0 fully saturated rings. The van der Waals surface area contributed by atoms with E-state index in [1.54, 1.807) is 0 Å². The van der Waals surface area contributed by atoms with Crippen LogP contribution >= 0.6 is 15.9 Å². The molecule has 0 aliphatic heterocycles. The predicted molar refractivity (Wildman–Crippen MR) is 75.3 cm³/mol. The Balaban J connectivity index is 2.39. The van der Waals surface area contributed by atoms with Crippen LogP contribution in [0.3, 0.4) is 0 Å². The third kappa shape index (κ3) is 5.22. The highest BCUT2D eigenvalue weighted by Gasteiger charge is 2.03. The first kappa shape index (κ1) is 14.0. The number of hydrogen-bond acceptors (Lipinski definition) is 2. The molecule has 0 aliphatic carbocycles. The van der Waals surface area contributed by atoms with Gasteiger partial charge in [-0.05, 0) is 47.0 Å². The molecule has 3 nitrogen and oxygen atoms in total. The number of halogens is 1. The van der Waals surface area contributed by atoms with Crippen molar-refractivity contribution in [3.05, 3.63) is 28.2 Å². The second-order valence-electron chi connectivity index (χ2n) is 4.04. The second-order valence-corrected chi connectivity index (χ2v) is 4.89. The number of unbranched alkanes of at least 4 members (excludes halogenated alkanes) is 1. The Morgan fingerprint density at radius 3 is 2.88 bits per heavy atom. The standard InChI is InChI=1S/C13H19BrN2O/c1-3-4-7-15-13(17)9-16-12-8-10(2)5-6-11(12)14/h5-6,8,16H,3-4,7,9H2,1-2H3,(H,15,17). The molecule has 0 aliphatic rings. The number of benzene rings is 1. The van der Waals surface area contributed by atoms with Crippen molar-refractivity contribution < 1.29 is 4.79 Å². The molecule has 94 valence electrons. The van der Waals surface area contributed by atoms with Gasteiger partial charge in [-0.1, -0.05) is 19.4 Å². The molecule has 1 rings (SSSR count). The van der Waals surface area contributed by atoms with E-state index in [1.165, 1.54) is 5.56 Å². The fourth-order valence-electron chi connectivity index (χ4n) is 1.42. The number of amides is 1. The summed E-state index contributed by atoms with van der Waals surface area (Å²) >= 11 is 3.45. The van der Waals surface area contributed by atoms with E-state index in [4.69, 9.17) is 0 Å².